The molecule has 3 aromatic rings. The van der Waals surface area contributed by atoms with Crippen molar-refractivity contribution in [3.8, 4) is 12.0 Å². The average molecular weight is 313 g/mol. The molecule has 0 spiro atoms. The summed E-state index contributed by atoms with van der Waals surface area (Å²) >= 11 is 1.26. The molecule has 22 heavy (non-hydrogen) atoms. The van der Waals surface area contributed by atoms with E-state index in [2.05, 4.69) is 15.5 Å². The van der Waals surface area contributed by atoms with Crippen LogP contribution >= 0.6 is 11.3 Å². The average Bonchev–Trinajstić information content (AvgIpc) is 3.18. The van der Waals surface area contributed by atoms with E-state index in [0.29, 0.717) is 16.8 Å². The molecular weight excluding hydrogens is 302 g/mol. The number of nitriles is 1. The van der Waals surface area contributed by atoms with E-state index < -0.39 is 5.91 Å². The molecule has 3 rings (SSSR count). The molecule has 1 amide bonds. The predicted octanol–water partition coefficient (Wildman–Crippen LogP) is 2.66. The summed E-state index contributed by atoms with van der Waals surface area (Å²) in [6, 6.07) is 5.65. The Morgan fingerprint density at radius 3 is 2.68 bits per heavy atom. The number of anilines is 1. The number of hydrogen-bond donors (Lipinski definition) is 1. The SMILES string of the molecule is Cc1nnc(NC(=O)c2c(C)oc(-n3cccc3)c2C#N)s1. The minimum atomic E-state index is -0.438. The van der Waals surface area contributed by atoms with Gasteiger partial charge in [0.15, 0.2) is 0 Å². The Bertz CT molecular complexity index is 870. The lowest BCUT2D eigenvalue weighted by Gasteiger charge is -2.00. The molecule has 0 fully saturated rings. The Balaban J connectivity index is 2.00. The van der Waals surface area contributed by atoms with Gasteiger partial charge in [-0.2, -0.15) is 5.26 Å². The summed E-state index contributed by atoms with van der Waals surface area (Å²) in [5, 5.41) is 20.8. The Labute approximate surface area is 129 Å². The van der Waals surface area contributed by atoms with Crippen LogP contribution in [0.2, 0.25) is 0 Å². The van der Waals surface area contributed by atoms with Crippen molar-refractivity contribution in [2.24, 2.45) is 0 Å². The first-order valence-electron chi connectivity index (χ1n) is 6.38. The van der Waals surface area contributed by atoms with Crippen LogP contribution in [-0.4, -0.2) is 20.7 Å². The maximum absolute atomic E-state index is 12.4. The van der Waals surface area contributed by atoms with Crippen molar-refractivity contribution < 1.29 is 9.21 Å². The van der Waals surface area contributed by atoms with Gasteiger partial charge in [-0.25, -0.2) is 0 Å². The van der Waals surface area contributed by atoms with Crippen LogP contribution in [-0.2, 0) is 0 Å². The molecule has 0 aliphatic carbocycles. The van der Waals surface area contributed by atoms with Crippen molar-refractivity contribution in [1.82, 2.24) is 14.8 Å². The number of amides is 1. The third kappa shape index (κ3) is 2.38. The second-order valence-electron chi connectivity index (χ2n) is 4.50. The van der Waals surface area contributed by atoms with Gasteiger partial charge in [-0.15, -0.1) is 10.2 Å². The van der Waals surface area contributed by atoms with E-state index in [-0.39, 0.29) is 11.1 Å². The highest BCUT2D eigenvalue weighted by Crippen LogP contribution is 2.26. The first kappa shape index (κ1) is 14.0. The number of furan rings is 1. The fourth-order valence-corrected chi connectivity index (χ4v) is 2.65. The minimum absolute atomic E-state index is 0.187. The van der Waals surface area contributed by atoms with E-state index in [0.717, 1.165) is 5.01 Å². The number of hydrogen-bond acceptors (Lipinski definition) is 6. The van der Waals surface area contributed by atoms with E-state index >= 15 is 0 Å². The van der Waals surface area contributed by atoms with Gasteiger partial charge in [0.25, 0.3) is 5.91 Å². The second-order valence-corrected chi connectivity index (χ2v) is 5.68. The summed E-state index contributed by atoms with van der Waals surface area (Å²) in [5.74, 6) is 0.259. The lowest BCUT2D eigenvalue weighted by molar-refractivity contribution is 0.102. The van der Waals surface area contributed by atoms with Crippen LogP contribution in [0.15, 0.2) is 28.9 Å². The Morgan fingerprint density at radius 2 is 2.09 bits per heavy atom. The van der Waals surface area contributed by atoms with Crippen LogP contribution in [0.3, 0.4) is 0 Å². The molecule has 0 saturated heterocycles. The van der Waals surface area contributed by atoms with Gasteiger partial charge in [0.2, 0.25) is 11.0 Å². The highest BCUT2D eigenvalue weighted by molar-refractivity contribution is 7.15. The summed E-state index contributed by atoms with van der Waals surface area (Å²) < 4.78 is 7.24. The van der Waals surface area contributed by atoms with Gasteiger partial charge in [0, 0.05) is 12.4 Å². The maximum Gasteiger partial charge on any atom is 0.262 e. The van der Waals surface area contributed by atoms with Crippen LogP contribution in [0, 0.1) is 25.2 Å². The van der Waals surface area contributed by atoms with Crippen LogP contribution in [0.5, 0.6) is 0 Å². The number of aromatic nitrogens is 3. The van der Waals surface area contributed by atoms with E-state index in [9.17, 15) is 10.1 Å². The third-order valence-corrected chi connectivity index (χ3v) is 3.74. The zero-order valence-corrected chi connectivity index (χ0v) is 12.6. The molecule has 7 nitrogen and oxygen atoms in total. The quantitative estimate of drug-likeness (QED) is 0.801. The van der Waals surface area contributed by atoms with Crippen LogP contribution in [0.4, 0.5) is 5.13 Å². The van der Waals surface area contributed by atoms with E-state index in [4.69, 9.17) is 4.42 Å². The van der Waals surface area contributed by atoms with Crippen LogP contribution in [0.1, 0.15) is 26.7 Å². The molecule has 1 N–H and O–H groups in total. The standard InChI is InChI=1S/C14H11N5O2S/c1-8-11(12(20)16-14-18-17-9(2)22-14)10(7-15)13(21-8)19-5-3-4-6-19/h3-6H,1-2H3,(H,16,18,20). The minimum Gasteiger partial charge on any atom is -0.443 e. The smallest absolute Gasteiger partial charge is 0.262 e. The van der Waals surface area contributed by atoms with Crippen molar-refractivity contribution in [2.45, 2.75) is 13.8 Å². The summed E-state index contributed by atoms with van der Waals surface area (Å²) in [4.78, 5) is 12.4. The van der Waals surface area contributed by atoms with Gasteiger partial charge in [-0.3, -0.25) is 14.7 Å². The number of nitrogens with zero attached hydrogens (tertiary/aromatic N) is 4. The number of carbonyl (C=O) groups excluding carboxylic acids is 1. The summed E-state index contributed by atoms with van der Waals surface area (Å²) in [5.41, 5.74) is 0.395. The first-order valence-corrected chi connectivity index (χ1v) is 7.20. The molecule has 110 valence electrons. The fraction of sp³-hybridized carbons (Fsp3) is 0.143. The number of carbonyl (C=O) groups is 1. The number of aryl methyl sites for hydroxylation is 2. The van der Waals surface area contributed by atoms with Gasteiger partial charge >= 0.3 is 0 Å². The highest BCUT2D eigenvalue weighted by Gasteiger charge is 2.25. The molecule has 0 radical (unpaired) electrons. The summed E-state index contributed by atoms with van der Waals surface area (Å²) in [7, 11) is 0. The molecule has 8 heteroatoms. The van der Waals surface area contributed by atoms with Crippen molar-refractivity contribution >= 4 is 22.4 Å². The van der Waals surface area contributed by atoms with Crippen molar-refractivity contribution in [3.63, 3.8) is 0 Å². The normalized spacial score (nSPS) is 10.4. The first-order chi connectivity index (χ1) is 10.6. The van der Waals surface area contributed by atoms with E-state index in [1.165, 1.54) is 11.3 Å². The second kappa shape index (κ2) is 5.46. The molecule has 0 saturated carbocycles. The topological polar surface area (TPSA) is 96.7 Å². The molecule has 0 aliphatic heterocycles. The van der Waals surface area contributed by atoms with Gasteiger partial charge in [-0.1, -0.05) is 11.3 Å². The highest BCUT2D eigenvalue weighted by atomic mass is 32.1. The molecular formula is C14H11N5O2S. The molecule has 0 aliphatic rings. The zero-order valence-electron chi connectivity index (χ0n) is 11.8. The molecule has 3 aromatic heterocycles. The van der Waals surface area contributed by atoms with Crippen molar-refractivity contribution in [3.05, 3.63) is 46.4 Å². The molecule has 0 aromatic carbocycles. The largest absolute Gasteiger partial charge is 0.443 e. The molecule has 0 atom stereocenters. The van der Waals surface area contributed by atoms with E-state index in [1.807, 2.05) is 18.2 Å². The molecule has 3 heterocycles. The number of nitrogens with one attached hydrogen (secondary N) is 1. The Kier molecular flexibility index (Phi) is 3.48. The van der Waals surface area contributed by atoms with Gasteiger partial charge in [0.05, 0.1) is 0 Å². The van der Waals surface area contributed by atoms with Crippen molar-refractivity contribution in [2.75, 3.05) is 5.32 Å². The zero-order chi connectivity index (χ0) is 15.7. The third-order valence-electron chi connectivity index (χ3n) is 2.99. The predicted molar refractivity (Wildman–Crippen MR) is 80.1 cm³/mol. The summed E-state index contributed by atoms with van der Waals surface area (Å²) in [6.07, 6.45) is 3.49. The monoisotopic (exact) mass is 313 g/mol. The van der Waals surface area contributed by atoms with Gasteiger partial charge in [-0.05, 0) is 26.0 Å². The van der Waals surface area contributed by atoms with E-state index in [1.54, 1.807) is 30.8 Å². The lowest BCUT2D eigenvalue weighted by atomic mass is 10.1. The van der Waals surface area contributed by atoms with Gasteiger partial charge < -0.3 is 4.42 Å². The Morgan fingerprint density at radius 1 is 1.36 bits per heavy atom. The van der Waals surface area contributed by atoms with Crippen LogP contribution < -0.4 is 5.32 Å². The fourth-order valence-electron chi connectivity index (χ4n) is 2.07. The Hall–Kier alpha value is -2.92. The van der Waals surface area contributed by atoms with Gasteiger partial charge in [0.1, 0.15) is 28.0 Å². The number of rotatable bonds is 3. The summed E-state index contributed by atoms with van der Waals surface area (Å²) in [6.45, 7) is 3.44. The van der Waals surface area contributed by atoms with Crippen LogP contribution in [0.25, 0.3) is 5.88 Å². The lowest BCUT2D eigenvalue weighted by Crippen LogP contribution is -2.13. The molecule has 0 unspecified atom stereocenters. The van der Waals surface area contributed by atoms with Crippen molar-refractivity contribution in [1.29, 1.82) is 5.26 Å². The maximum atomic E-state index is 12.4. The molecule has 0 bridgehead atoms.